The van der Waals surface area contributed by atoms with Crippen LogP contribution in [0, 0.1) is 17.0 Å². The van der Waals surface area contributed by atoms with Gasteiger partial charge in [0, 0.05) is 6.07 Å². The molecule has 0 unspecified atom stereocenters. The highest BCUT2D eigenvalue weighted by molar-refractivity contribution is 5.72. The first kappa shape index (κ1) is 14.1. The summed E-state index contributed by atoms with van der Waals surface area (Å²) in [4.78, 5) is 25.7. The van der Waals surface area contributed by atoms with E-state index in [4.69, 9.17) is 4.74 Å². The van der Waals surface area contributed by atoms with E-state index in [1.165, 1.54) is 19.1 Å². The van der Waals surface area contributed by atoms with Crippen LogP contribution in [0.4, 0.5) is 5.69 Å². The highest BCUT2D eigenvalue weighted by Gasteiger charge is 2.18. The summed E-state index contributed by atoms with van der Waals surface area (Å²) < 4.78 is 5.15. The molecule has 1 heterocycles. The molecule has 0 aromatic carbocycles. The molecule has 18 heavy (non-hydrogen) atoms. The molecular weight excluding hydrogens is 236 g/mol. The van der Waals surface area contributed by atoms with Gasteiger partial charge in [-0.1, -0.05) is 0 Å². The Morgan fingerprint density at radius 1 is 1.44 bits per heavy atom. The van der Waals surface area contributed by atoms with Crippen LogP contribution in [0.2, 0.25) is 0 Å². The lowest BCUT2D eigenvalue weighted by Gasteiger charge is -2.19. The van der Waals surface area contributed by atoms with Crippen LogP contribution in [0.5, 0.6) is 0 Å². The van der Waals surface area contributed by atoms with Gasteiger partial charge in [-0.2, -0.15) is 0 Å². The fourth-order valence-corrected chi connectivity index (χ4v) is 1.42. The first-order valence-electron chi connectivity index (χ1n) is 5.52. The van der Waals surface area contributed by atoms with Crippen LogP contribution >= 0.6 is 0 Å². The zero-order valence-electron chi connectivity index (χ0n) is 10.9. The second kappa shape index (κ2) is 5.12. The SMILES string of the molecule is Cc1nc(CC(=O)OC(C)(C)C)ccc1[N+](=O)[O-]. The average molecular weight is 252 g/mol. The first-order chi connectivity index (χ1) is 8.19. The van der Waals surface area contributed by atoms with Gasteiger partial charge in [0.1, 0.15) is 11.3 Å². The van der Waals surface area contributed by atoms with E-state index in [0.29, 0.717) is 11.4 Å². The molecule has 98 valence electrons. The topological polar surface area (TPSA) is 82.3 Å². The van der Waals surface area contributed by atoms with Crippen LogP contribution in [0.3, 0.4) is 0 Å². The molecule has 0 saturated carbocycles. The molecule has 0 fully saturated rings. The molecule has 6 nitrogen and oxygen atoms in total. The molecular formula is C12H16N2O4. The Morgan fingerprint density at radius 2 is 2.06 bits per heavy atom. The Kier molecular flexibility index (Phi) is 4.00. The van der Waals surface area contributed by atoms with Crippen molar-refractivity contribution in [1.82, 2.24) is 4.98 Å². The van der Waals surface area contributed by atoms with E-state index in [0.717, 1.165) is 0 Å². The van der Waals surface area contributed by atoms with Crippen LogP contribution in [-0.2, 0) is 16.0 Å². The molecule has 0 radical (unpaired) electrons. The summed E-state index contributed by atoms with van der Waals surface area (Å²) >= 11 is 0. The minimum Gasteiger partial charge on any atom is -0.460 e. The number of nitrogens with zero attached hydrogens (tertiary/aromatic N) is 2. The number of ether oxygens (including phenoxy) is 1. The predicted octanol–water partition coefficient (Wildman–Crippen LogP) is 2.18. The van der Waals surface area contributed by atoms with Gasteiger partial charge in [-0.3, -0.25) is 19.9 Å². The number of carbonyl (C=O) groups is 1. The molecule has 1 aromatic heterocycles. The van der Waals surface area contributed by atoms with Crippen molar-refractivity contribution in [2.45, 2.75) is 39.7 Å². The highest BCUT2D eigenvalue weighted by Crippen LogP contribution is 2.16. The molecule has 0 aliphatic rings. The van der Waals surface area contributed by atoms with Crippen molar-refractivity contribution in [1.29, 1.82) is 0 Å². The lowest BCUT2D eigenvalue weighted by atomic mass is 10.2. The van der Waals surface area contributed by atoms with E-state index in [9.17, 15) is 14.9 Å². The minimum atomic E-state index is -0.549. The largest absolute Gasteiger partial charge is 0.460 e. The Balaban J connectivity index is 2.78. The monoisotopic (exact) mass is 252 g/mol. The Bertz CT molecular complexity index is 477. The molecule has 1 aromatic rings. The maximum absolute atomic E-state index is 11.6. The van der Waals surface area contributed by atoms with Crippen LogP contribution in [0.25, 0.3) is 0 Å². The van der Waals surface area contributed by atoms with Gasteiger partial charge >= 0.3 is 5.97 Å². The summed E-state index contributed by atoms with van der Waals surface area (Å²) in [5, 5.41) is 10.6. The van der Waals surface area contributed by atoms with Gasteiger partial charge in [-0.05, 0) is 33.8 Å². The van der Waals surface area contributed by atoms with Crippen LogP contribution in [-0.4, -0.2) is 21.5 Å². The smallest absolute Gasteiger partial charge is 0.312 e. The lowest BCUT2D eigenvalue weighted by molar-refractivity contribution is -0.385. The van der Waals surface area contributed by atoms with E-state index in [1.54, 1.807) is 20.8 Å². The summed E-state index contributed by atoms with van der Waals surface area (Å²) in [6.07, 6.45) is 0.0100. The third-order valence-corrected chi connectivity index (χ3v) is 2.06. The van der Waals surface area contributed by atoms with Crippen molar-refractivity contribution in [2.24, 2.45) is 0 Å². The second-order valence-electron chi connectivity index (χ2n) is 4.93. The quantitative estimate of drug-likeness (QED) is 0.467. The molecule has 0 N–H and O–H groups in total. The number of hydrogen-bond donors (Lipinski definition) is 0. The van der Waals surface area contributed by atoms with Gasteiger partial charge in [0.15, 0.2) is 0 Å². The van der Waals surface area contributed by atoms with E-state index >= 15 is 0 Å². The highest BCUT2D eigenvalue weighted by atomic mass is 16.6. The number of pyridine rings is 1. The maximum Gasteiger partial charge on any atom is 0.312 e. The van der Waals surface area contributed by atoms with E-state index in [1.807, 2.05) is 0 Å². The van der Waals surface area contributed by atoms with E-state index < -0.39 is 16.5 Å². The third-order valence-electron chi connectivity index (χ3n) is 2.06. The van der Waals surface area contributed by atoms with Gasteiger partial charge in [0.2, 0.25) is 0 Å². The molecule has 0 amide bonds. The maximum atomic E-state index is 11.6. The zero-order chi connectivity index (χ0) is 13.9. The Labute approximate surface area is 105 Å². The van der Waals surface area contributed by atoms with Crippen LogP contribution in [0.1, 0.15) is 32.2 Å². The molecule has 0 atom stereocenters. The van der Waals surface area contributed by atoms with Gasteiger partial charge in [-0.25, -0.2) is 0 Å². The van der Waals surface area contributed by atoms with E-state index in [2.05, 4.69) is 4.98 Å². The van der Waals surface area contributed by atoms with E-state index in [-0.39, 0.29) is 12.1 Å². The Hall–Kier alpha value is -1.98. The number of hydrogen-bond acceptors (Lipinski definition) is 5. The van der Waals surface area contributed by atoms with Crippen LogP contribution in [0.15, 0.2) is 12.1 Å². The van der Waals surface area contributed by atoms with Gasteiger partial charge in [0.25, 0.3) is 5.69 Å². The van der Waals surface area contributed by atoms with Gasteiger partial charge in [0.05, 0.1) is 17.0 Å². The number of nitro groups is 1. The minimum absolute atomic E-state index is 0.0100. The molecule has 0 aliphatic heterocycles. The first-order valence-corrected chi connectivity index (χ1v) is 5.52. The molecule has 6 heteroatoms. The number of rotatable bonds is 3. The summed E-state index contributed by atoms with van der Waals surface area (Å²) in [5.74, 6) is -0.400. The number of aromatic nitrogens is 1. The average Bonchev–Trinajstić information content (AvgIpc) is 2.13. The number of aryl methyl sites for hydroxylation is 1. The Morgan fingerprint density at radius 3 is 2.50 bits per heavy atom. The molecule has 0 spiro atoms. The number of carbonyl (C=O) groups excluding carboxylic acids is 1. The van der Waals surface area contributed by atoms with Crippen molar-refractivity contribution < 1.29 is 14.5 Å². The molecule has 0 saturated heterocycles. The van der Waals surface area contributed by atoms with Gasteiger partial charge in [-0.15, -0.1) is 0 Å². The summed E-state index contributed by atoms with van der Waals surface area (Å²) in [5.41, 5.74) is 0.156. The predicted molar refractivity (Wildman–Crippen MR) is 65.2 cm³/mol. The van der Waals surface area contributed by atoms with Crippen molar-refractivity contribution in [3.63, 3.8) is 0 Å². The fourth-order valence-electron chi connectivity index (χ4n) is 1.42. The zero-order valence-corrected chi connectivity index (χ0v) is 10.9. The molecule has 1 rings (SSSR count). The second-order valence-corrected chi connectivity index (χ2v) is 4.93. The lowest BCUT2D eigenvalue weighted by Crippen LogP contribution is -2.25. The number of esters is 1. The third kappa shape index (κ3) is 4.12. The van der Waals surface area contributed by atoms with Crippen molar-refractivity contribution >= 4 is 11.7 Å². The van der Waals surface area contributed by atoms with Crippen molar-refractivity contribution in [3.8, 4) is 0 Å². The van der Waals surface area contributed by atoms with Crippen molar-refractivity contribution in [3.05, 3.63) is 33.6 Å². The standard InChI is InChI=1S/C12H16N2O4/c1-8-10(14(16)17)6-5-9(13-8)7-11(15)18-12(2,3)4/h5-6H,7H2,1-4H3. The summed E-state index contributed by atoms with van der Waals surface area (Å²) in [6, 6.07) is 2.82. The fraction of sp³-hybridized carbons (Fsp3) is 0.500. The van der Waals surface area contributed by atoms with Gasteiger partial charge < -0.3 is 4.74 Å². The summed E-state index contributed by atoms with van der Waals surface area (Å²) in [7, 11) is 0. The normalized spacial score (nSPS) is 11.1. The van der Waals surface area contributed by atoms with Crippen LogP contribution < -0.4 is 0 Å². The van der Waals surface area contributed by atoms with Crippen molar-refractivity contribution in [2.75, 3.05) is 0 Å². The molecule has 0 bridgehead atoms. The summed E-state index contributed by atoms with van der Waals surface area (Å²) in [6.45, 7) is 6.87. The molecule has 0 aliphatic carbocycles.